The number of hydrogen-bond donors (Lipinski definition) is 1. The Balaban J connectivity index is 1.73. The third-order valence-electron chi connectivity index (χ3n) is 2.51. The van der Waals surface area contributed by atoms with Crippen LogP contribution in [-0.2, 0) is 11.3 Å². The van der Waals surface area contributed by atoms with Crippen LogP contribution >= 0.6 is 0 Å². The van der Waals surface area contributed by atoms with E-state index in [4.69, 9.17) is 9.26 Å². The van der Waals surface area contributed by atoms with Crippen molar-refractivity contribution < 1.29 is 9.26 Å². The molecule has 0 aliphatic carbocycles. The fraction of sp³-hybridized carbons (Fsp3) is 0.700. The summed E-state index contributed by atoms with van der Waals surface area (Å²) in [6.45, 7) is 2.54. The normalized spacial score (nSPS) is 23.3. The number of nitrogens with zero attached hydrogens (tertiary/aromatic N) is 1. The highest BCUT2D eigenvalue weighted by atomic mass is 16.5. The van der Waals surface area contributed by atoms with Crippen molar-refractivity contribution in [1.82, 2.24) is 10.5 Å². The summed E-state index contributed by atoms with van der Waals surface area (Å²) in [7, 11) is 0. The third-order valence-corrected chi connectivity index (χ3v) is 2.51. The van der Waals surface area contributed by atoms with Gasteiger partial charge in [-0.2, -0.15) is 0 Å². The Hall–Kier alpha value is -0.870. The topological polar surface area (TPSA) is 47.3 Å². The summed E-state index contributed by atoms with van der Waals surface area (Å²) in [5, 5.41) is 7.11. The molecule has 1 N–H and O–H groups in total. The van der Waals surface area contributed by atoms with Crippen molar-refractivity contribution in [3.63, 3.8) is 0 Å². The lowest BCUT2D eigenvalue weighted by Crippen LogP contribution is -2.28. The first kappa shape index (κ1) is 9.68. The molecule has 1 fully saturated rings. The van der Waals surface area contributed by atoms with Crippen molar-refractivity contribution in [3.8, 4) is 0 Å². The van der Waals surface area contributed by atoms with Crippen molar-refractivity contribution in [2.24, 2.45) is 0 Å². The van der Waals surface area contributed by atoms with Crippen LogP contribution in [0.4, 0.5) is 0 Å². The molecule has 0 amide bonds. The van der Waals surface area contributed by atoms with E-state index in [0.29, 0.717) is 6.04 Å². The molecule has 4 nitrogen and oxygen atoms in total. The minimum atomic E-state index is 0.558. The van der Waals surface area contributed by atoms with Gasteiger partial charge in [0.2, 0.25) is 0 Å². The minimum Gasteiger partial charge on any atom is -0.381 e. The number of ether oxygens (including phenoxy) is 1. The van der Waals surface area contributed by atoms with Crippen LogP contribution in [0.3, 0.4) is 0 Å². The van der Waals surface area contributed by atoms with E-state index in [1.54, 1.807) is 6.20 Å². The van der Waals surface area contributed by atoms with E-state index in [0.717, 1.165) is 38.4 Å². The molecule has 2 heterocycles. The Morgan fingerprint density at radius 2 is 2.43 bits per heavy atom. The maximum atomic E-state index is 5.39. The number of aromatic nitrogens is 1. The molecule has 0 radical (unpaired) electrons. The molecule has 1 aromatic heterocycles. The van der Waals surface area contributed by atoms with Gasteiger partial charge in [-0.05, 0) is 19.3 Å². The molecule has 1 aromatic rings. The molecule has 4 heteroatoms. The van der Waals surface area contributed by atoms with Crippen LogP contribution in [0, 0.1) is 0 Å². The van der Waals surface area contributed by atoms with Crippen molar-refractivity contribution in [1.29, 1.82) is 0 Å². The second-order valence-corrected chi connectivity index (χ2v) is 3.60. The van der Waals surface area contributed by atoms with Gasteiger partial charge in [-0.1, -0.05) is 5.16 Å². The summed E-state index contributed by atoms with van der Waals surface area (Å²) in [6, 6.07) is 2.45. The molecule has 1 atom stereocenters. The van der Waals surface area contributed by atoms with Crippen LogP contribution in [0.15, 0.2) is 16.8 Å². The van der Waals surface area contributed by atoms with Crippen LogP contribution in [0.25, 0.3) is 0 Å². The minimum absolute atomic E-state index is 0.558. The van der Waals surface area contributed by atoms with Crippen molar-refractivity contribution in [3.05, 3.63) is 18.0 Å². The smallest absolute Gasteiger partial charge is 0.150 e. The molecular weight excluding hydrogens is 180 g/mol. The number of hydrogen-bond acceptors (Lipinski definition) is 4. The standard InChI is InChI=1S/C10H16N2O2/c1-2-9(4-7-13-6-1)11-8-10-3-5-12-14-10/h3,5,9,11H,1-2,4,6-8H2. The molecule has 14 heavy (non-hydrogen) atoms. The first-order valence-electron chi connectivity index (χ1n) is 5.16. The molecule has 1 aliphatic rings. The van der Waals surface area contributed by atoms with Gasteiger partial charge in [0.05, 0.1) is 12.7 Å². The van der Waals surface area contributed by atoms with Crippen molar-refractivity contribution in [2.75, 3.05) is 13.2 Å². The van der Waals surface area contributed by atoms with Crippen LogP contribution in [0.1, 0.15) is 25.0 Å². The lowest BCUT2D eigenvalue weighted by atomic mass is 10.1. The van der Waals surface area contributed by atoms with Gasteiger partial charge >= 0.3 is 0 Å². The highest BCUT2D eigenvalue weighted by molar-refractivity contribution is 4.92. The monoisotopic (exact) mass is 196 g/mol. The summed E-state index contributed by atoms with van der Waals surface area (Å²) in [5.74, 6) is 0.898. The summed E-state index contributed by atoms with van der Waals surface area (Å²) < 4.78 is 10.4. The Morgan fingerprint density at radius 1 is 1.43 bits per heavy atom. The number of nitrogens with one attached hydrogen (secondary N) is 1. The van der Waals surface area contributed by atoms with Gasteiger partial charge in [-0.25, -0.2) is 0 Å². The van der Waals surface area contributed by atoms with Crippen molar-refractivity contribution in [2.45, 2.75) is 31.8 Å². The van der Waals surface area contributed by atoms with Gasteiger partial charge in [0.1, 0.15) is 5.76 Å². The average molecular weight is 196 g/mol. The van der Waals surface area contributed by atoms with Crippen LogP contribution in [-0.4, -0.2) is 24.4 Å². The van der Waals surface area contributed by atoms with E-state index >= 15 is 0 Å². The third kappa shape index (κ3) is 2.82. The lowest BCUT2D eigenvalue weighted by molar-refractivity contribution is 0.142. The highest BCUT2D eigenvalue weighted by Crippen LogP contribution is 2.08. The van der Waals surface area contributed by atoms with E-state index in [-0.39, 0.29) is 0 Å². The van der Waals surface area contributed by atoms with E-state index in [9.17, 15) is 0 Å². The van der Waals surface area contributed by atoms with E-state index < -0.39 is 0 Å². The van der Waals surface area contributed by atoms with Gasteiger partial charge in [-0.3, -0.25) is 0 Å². The highest BCUT2D eigenvalue weighted by Gasteiger charge is 2.11. The summed E-state index contributed by atoms with van der Waals surface area (Å²) in [5.41, 5.74) is 0. The van der Waals surface area contributed by atoms with E-state index in [1.165, 1.54) is 6.42 Å². The molecule has 0 aromatic carbocycles. The Kier molecular flexibility index (Phi) is 3.54. The molecule has 2 rings (SSSR count). The quantitative estimate of drug-likeness (QED) is 0.792. The van der Waals surface area contributed by atoms with Crippen molar-refractivity contribution >= 4 is 0 Å². The molecule has 0 spiro atoms. The molecule has 1 unspecified atom stereocenters. The maximum absolute atomic E-state index is 5.39. The fourth-order valence-electron chi connectivity index (χ4n) is 1.69. The maximum Gasteiger partial charge on any atom is 0.150 e. The van der Waals surface area contributed by atoms with Gasteiger partial charge in [0, 0.05) is 25.3 Å². The summed E-state index contributed by atoms with van der Waals surface area (Å²) in [6.07, 6.45) is 5.10. The Bertz CT molecular complexity index is 241. The predicted octanol–water partition coefficient (Wildman–Crippen LogP) is 1.33. The fourth-order valence-corrected chi connectivity index (χ4v) is 1.69. The van der Waals surface area contributed by atoms with E-state index in [2.05, 4.69) is 10.5 Å². The average Bonchev–Trinajstić information content (AvgIpc) is 2.58. The van der Waals surface area contributed by atoms with E-state index in [1.807, 2.05) is 6.07 Å². The van der Waals surface area contributed by atoms with Gasteiger partial charge < -0.3 is 14.6 Å². The molecule has 0 saturated carbocycles. The molecular formula is C10H16N2O2. The molecule has 0 bridgehead atoms. The predicted molar refractivity (Wildman–Crippen MR) is 51.8 cm³/mol. The van der Waals surface area contributed by atoms with Crippen LogP contribution in [0.5, 0.6) is 0 Å². The molecule has 78 valence electrons. The number of rotatable bonds is 3. The van der Waals surface area contributed by atoms with Crippen LogP contribution < -0.4 is 5.32 Å². The van der Waals surface area contributed by atoms with Crippen LogP contribution in [0.2, 0.25) is 0 Å². The Morgan fingerprint density at radius 3 is 3.29 bits per heavy atom. The molecule has 1 aliphatic heterocycles. The second-order valence-electron chi connectivity index (χ2n) is 3.60. The zero-order valence-electron chi connectivity index (χ0n) is 8.24. The SMILES string of the molecule is c1cc(CNC2CCCOCC2)on1. The first-order chi connectivity index (χ1) is 6.95. The van der Waals surface area contributed by atoms with Gasteiger partial charge in [0.15, 0.2) is 0 Å². The Labute approximate surface area is 83.6 Å². The van der Waals surface area contributed by atoms with Gasteiger partial charge in [-0.15, -0.1) is 0 Å². The largest absolute Gasteiger partial charge is 0.381 e. The zero-order chi connectivity index (χ0) is 9.64. The van der Waals surface area contributed by atoms with Gasteiger partial charge in [0.25, 0.3) is 0 Å². The first-order valence-corrected chi connectivity index (χ1v) is 5.16. The second kappa shape index (κ2) is 5.12. The zero-order valence-corrected chi connectivity index (χ0v) is 8.24. The molecule has 1 saturated heterocycles. The lowest BCUT2D eigenvalue weighted by Gasteiger charge is -2.13. The summed E-state index contributed by atoms with van der Waals surface area (Å²) in [4.78, 5) is 0. The summed E-state index contributed by atoms with van der Waals surface area (Å²) >= 11 is 0.